The smallest absolute Gasteiger partial charge is 0.244 e. The first kappa shape index (κ1) is 17.8. The van der Waals surface area contributed by atoms with Crippen LogP contribution >= 0.6 is 0 Å². The van der Waals surface area contributed by atoms with E-state index in [9.17, 15) is 12.8 Å². The van der Waals surface area contributed by atoms with Crippen molar-refractivity contribution in [3.63, 3.8) is 0 Å². The van der Waals surface area contributed by atoms with Gasteiger partial charge >= 0.3 is 0 Å². The number of hydrogen-bond acceptors (Lipinski definition) is 5. The summed E-state index contributed by atoms with van der Waals surface area (Å²) in [5, 5.41) is 9.10. The van der Waals surface area contributed by atoms with Crippen molar-refractivity contribution in [3.05, 3.63) is 29.6 Å². The van der Waals surface area contributed by atoms with E-state index in [4.69, 9.17) is 14.7 Å². The van der Waals surface area contributed by atoms with Gasteiger partial charge in [-0.05, 0) is 32.0 Å². The maximum absolute atomic E-state index is 13.3. The lowest BCUT2D eigenvalue weighted by Gasteiger charge is -2.41. The lowest BCUT2D eigenvalue weighted by Crippen LogP contribution is -2.55. The summed E-state index contributed by atoms with van der Waals surface area (Å²) in [4.78, 5) is -0.199. The molecule has 1 heterocycles. The average molecular weight is 342 g/mol. The Balaban J connectivity index is 2.41. The number of halogens is 1. The summed E-state index contributed by atoms with van der Waals surface area (Å²) in [6, 6.07) is 4.81. The number of nitrogens with zero attached hydrogens (tertiary/aromatic N) is 2. The van der Waals surface area contributed by atoms with E-state index in [1.807, 2.05) is 0 Å². The van der Waals surface area contributed by atoms with Gasteiger partial charge in [-0.25, -0.2) is 12.8 Å². The zero-order valence-corrected chi connectivity index (χ0v) is 14.1. The zero-order chi connectivity index (χ0) is 17.3. The number of hydrogen-bond donors (Lipinski definition) is 0. The maximum Gasteiger partial charge on any atom is 0.244 e. The quantitative estimate of drug-likeness (QED) is 0.829. The Labute approximate surface area is 135 Å². The fourth-order valence-corrected chi connectivity index (χ4v) is 4.40. The number of ether oxygens (including phenoxy) is 2. The molecular weight excluding hydrogens is 323 g/mol. The zero-order valence-electron chi connectivity index (χ0n) is 13.2. The van der Waals surface area contributed by atoms with E-state index in [0.717, 1.165) is 18.2 Å². The van der Waals surface area contributed by atoms with Gasteiger partial charge in [-0.1, -0.05) is 0 Å². The Morgan fingerprint density at radius 2 is 2.22 bits per heavy atom. The summed E-state index contributed by atoms with van der Waals surface area (Å²) in [5.74, 6) is -0.653. The summed E-state index contributed by atoms with van der Waals surface area (Å²) < 4.78 is 51.1. The normalized spacial score (nSPS) is 21.8. The Morgan fingerprint density at radius 1 is 1.52 bits per heavy atom. The van der Waals surface area contributed by atoms with Gasteiger partial charge in [-0.15, -0.1) is 0 Å². The number of morpholine rings is 1. The maximum atomic E-state index is 13.3. The van der Waals surface area contributed by atoms with Crippen LogP contribution in [0.25, 0.3) is 0 Å². The molecule has 126 valence electrons. The topological polar surface area (TPSA) is 79.6 Å². The van der Waals surface area contributed by atoms with Crippen LogP contribution in [-0.2, 0) is 19.5 Å². The van der Waals surface area contributed by atoms with Crippen molar-refractivity contribution in [2.45, 2.75) is 30.4 Å². The molecule has 1 unspecified atom stereocenters. The van der Waals surface area contributed by atoms with Crippen molar-refractivity contribution in [1.29, 1.82) is 5.26 Å². The molecule has 8 heteroatoms. The highest BCUT2D eigenvalue weighted by Crippen LogP contribution is 2.28. The van der Waals surface area contributed by atoms with Crippen LogP contribution in [0.15, 0.2) is 23.1 Å². The van der Waals surface area contributed by atoms with Crippen molar-refractivity contribution in [2.75, 3.05) is 26.8 Å². The molecule has 0 bridgehead atoms. The van der Waals surface area contributed by atoms with Crippen LogP contribution in [0.1, 0.15) is 19.4 Å². The SMILES string of the molecule is COCC1CN(S(=O)(=O)c2ccc(F)cc2C#N)CC(C)(C)O1. The number of methoxy groups -OCH3 is 1. The van der Waals surface area contributed by atoms with E-state index in [-0.39, 0.29) is 30.2 Å². The van der Waals surface area contributed by atoms with Crippen molar-refractivity contribution < 1.29 is 22.3 Å². The van der Waals surface area contributed by atoms with Crippen LogP contribution in [0.5, 0.6) is 0 Å². The predicted octanol–water partition coefficient (Wildman–Crippen LogP) is 1.51. The van der Waals surface area contributed by atoms with Crippen molar-refractivity contribution in [1.82, 2.24) is 4.31 Å². The molecule has 1 aliphatic rings. The second-order valence-electron chi connectivity index (χ2n) is 6.00. The molecule has 6 nitrogen and oxygen atoms in total. The van der Waals surface area contributed by atoms with E-state index >= 15 is 0 Å². The largest absolute Gasteiger partial charge is 0.382 e. The fourth-order valence-electron chi connectivity index (χ4n) is 2.65. The summed E-state index contributed by atoms with van der Waals surface area (Å²) in [5.41, 5.74) is -0.904. The minimum absolute atomic E-state index is 0.113. The summed E-state index contributed by atoms with van der Waals surface area (Å²) in [7, 11) is -2.42. The van der Waals surface area contributed by atoms with Gasteiger partial charge in [-0.2, -0.15) is 9.57 Å². The number of nitriles is 1. The molecule has 0 spiro atoms. The first-order valence-electron chi connectivity index (χ1n) is 7.06. The van der Waals surface area contributed by atoms with E-state index in [1.165, 1.54) is 11.4 Å². The van der Waals surface area contributed by atoms with E-state index in [0.29, 0.717) is 0 Å². The predicted molar refractivity (Wildman–Crippen MR) is 80.7 cm³/mol. The monoisotopic (exact) mass is 342 g/mol. The molecule has 0 aliphatic carbocycles. The lowest BCUT2D eigenvalue weighted by molar-refractivity contribution is -0.135. The van der Waals surface area contributed by atoms with Crippen molar-refractivity contribution >= 4 is 10.0 Å². The summed E-state index contributed by atoms with van der Waals surface area (Å²) >= 11 is 0. The van der Waals surface area contributed by atoms with Crippen LogP contribution in [0.4, 0.5) is 4.39 Å². The molecule has 0 saturated carbocycles. The van der Waals surface area contributed by atoms with Gasteiger partial charge in [0.1, 0.15) is 16.8 Å². The fraction of sp³-hybridized carbons (Fsp3) is 0.533. The number of sulfonamides is 1. The first-order chi connectivity index (χ1) is 10.7. The second-order valence-corrected chi connectivity index (χ2v) is 7.91. The van der Waals surface area contributed by atoms with E-state index in [2.05, 4.69) is 0 Å². The van der Waals surface area contributed by atoms with Gasteiger partial charge in [0.25, 0.3) is 0 Å². The Bertz CT molecular complexity index is 727. The number of benzene rings is 1. The van der Waals surface area contributed by atoms with Crippen molar-refractivity contribution in [2.24, 2.45) is 0 Å². The Morgan fingerprint density at radius 3 is 2.83 bits per heavy atom. The molecule has 23 heavy (non-hydrogen) atoms. The minimum atomic E-state index is -3.94. The molecule has 2 rings (SSSR count). The van der Waals surface area contributed by atoms with E-state index in [1.54, 1.807) is 19.9 Å². The van der Waals surface area contributed by atoms with Crippen LogP contribution < -0.4 is 0 Å². The van der Waals surface area contributed by atoms with Gasteiger partial charge in [0.15, 0.2) is 0 Å². The molecule has 0 radical (unpaired) electrons. The summed E-state index contributed by atoms with van der Waals surface area (Å²) in [6.45, 7) is 4.07. The Kier molecular flexibility index (Phi) is 5.06. The molecule has 1 atom stereocenters. The molecule has 0 amide bonds. The van der Waals surface area contributed by atoms with Gasteiger partial charge in [0.05, 0.1) is 23.9 Å². The van der Waals surface area contributed by atoms with Crippen LogP contribution in [0, 0.1) is 17.1 Å². The average Bonchev–Trinajstić information content (AvgIpc) is 2.45. The highest BCUT2D eigenvalue weighted by atomic mass is 32.2. The second kappa shape index (κ2) is 6.53. The van der Waals surface area contributed by atoms with Gasteiger partial charge in [0, 0.05) is 20.2 Å². The highest BCUT2D eigenvalue weighted by Gasteiger charge is 2.40. The van der Waals surface area contributed by atoms with Crippen LogP contribution in [0.2, 0.25) is 0 Å². The summed E-state index contributed by atoms with van der Waals surface area (Å²) in [6.07, 6.45) is -0.412. The first-order valence-corrected chi connectivity index (χ1v) is 8.50. The van der Waals surface area contributed by atoms with Gasteiger partial charge in [-0.3, -0.25) is 0 Å². The van der Waals surface area contributed by atoms with Gasteiger partial charge in [0.2, 0.25) is 10.0 Å². The van der Waals surface area contributed by atoms with Crippen LogP contribution in [-0.4, -0.2) is 51.2 Å². The molecule has 0 aromatic heterocycles. The van der Waals surface area contributed by atoms with Crippen molar-refractivity contribution in [3.8, 4) is 6.07 Å². The third-order valence-electron chi connectivity index (χ3n) is 3.48. The lowest BCUT2D eigenvalue weighted by atomic mass is 10.1. The molecule has 0 N–H and O–H groups in total. The minimum Gasteiger partial charge on any atom is -0.382 e. The van der Waals surface area contributed by atoms with E-state index < -0.39 is 27.5 Å². The molecular formula is C15H19FN2O4S. The third kappa shape index (κ3) is 3.87. The highest BCUT2D eigenvalue weighted by molar-refractivity contribution is 7.89. The van der Waals surface area contributed by atoms with Crippen LogP contribution in [0.3, 0.4) is 0 Å². The standard InChI is InChI=1S/C15H19FN2O4S/c1-15(2)10-18(8-13(22-15)9-21-3)23(19,20)14-5-4-12(16)6-11(14)7-17/h4-6,13H,8-10H2,1-3H3. The molecule has 1 aromatic rings. The molecule has 1 aromatic carbocycles. The third-order valence-corrected chi connectivity index (χ3v) is 5.35. The Hall–Kier alpha value is -1.53. The molecule has 1 fully saturated rings. The molecule has 1 aliphatic heterocycles. The number of rotatable bonds is 4. The molecule has 1 saturated heterocycles. The van der Waals surface area contributed by atoms with Gasteiger partial charge < -0.3 is 9.47 Å².